The molecule has 11 heavy (non-hydrogen) atoms. The molecule has 66 valence electrons. The van der Waals surface area contributed by atoms with E-state index in [-0.39, 0.29) is 12.6 Å². The first-order valence-corrected chi connectivity index (χ1v) is 5.50. The summed E-state index contributed by atoms with van der Waals surface area (Å²) in [5.74, 6) is 0.356. The largest absolute Gasteiger partial charge is 0.395 e. The molecule has 1 fully saturated rings. The molecule has 0 aromatic rings. The van der Waals surface area contributed by atoms with Gasteiger partial charge in [-0.1, -0.05) is 0 Å². The molecule has 0 bridgehead atoms. The van der Waals surface area contributed by atoms with Crippen LogP contribution < -0.4 is 4.72 Å². The van der Waals surface area contributed by atoms with Crippen molar-refractivity contribution in [2.24, 2.45) is 5.92 Å². The van der Waals surface area contributed by atoms with Gasteiger partial charge in [-0.25, -0.2) is 13.1 Å². The molecule has 1 saturated carbocycles. The molecule has 0 amide bonds. The van der Waals surface area contributed by atoms with Crippen LogP contribution >= 0.6 is 0 Å². The Morgan fingerprint density at radius 3 is 2.45 bits per heavy atom. The van der Waals surface area contributed by atoms with Gasteiger partial charge >= 0.3 is 0 Å². The highest BCUT2D eigenvalue weighted by atomic mass is 32.2. The first-order valence-electron chi connectivity index (χ1n) is 3.61. The van der Waals surface area contributed by atoms with Crippen LogP contribution in [0.4, 0.5) is 0 Å². The minimum Gasteiger partial charge on any atom is -0.395 e. The van der Waals surface area contributed by atoms with Crippen molar-refractivity contribution in [3.63, 3.8) is 0 Å². The zero-order valence-corrected chi connectivity index (χ0v) is 7.26. The van der Waals surface area contributed by atoms with Crippen LogP contribution in [-0.4, -0.2) is 32.4 Å². The van der Waals surface area contributed by atoms with Gasteiger partial charge in [0, 0.05) is 6.04 Å². The van der Waals surface area contributed by atoms with Gasteiger partial charge in [-0.05, 0) is 18.8 Å². The smallest absolute Gasteiger partial charge is 0.209 e. The molecule has 4 nitrogen and oxygen atoms in total. The number of rotatable bonds is 4. The van der Waals surface area contributed by atoms with Crippen molar-refractivity contribution in [3.05, 3.63) is 0 Å². The number of hydrogen-bond donors (Lipinski definition) is 2. The molecular weight excluding hydrogens is 166 g/mol. The van der Waals surface area contributed by atoms with Crippen LogP contribution in [0.1, 0.15) is 12.8 Å². The Bertz CT molecular complexity index is 220. The molecule has 1 atom stereocenters. The summed E-state index contributed by atoms with van der Waals surface area (Å²) in [5.41, 5.74) is 0. The van der Waals surface area contributed by atoms with E-state index in [1.807, 2.05) is 0 Å². The summed E-state index contributed by atoms with van der Waals surface area (Å²) >= 11 is 0. The average molecular weight is 179 g/mol. The van der Waals surface area contributed by atoms with Crippen molar-refractivity contribution in [2.45, 2.75) is 18.9 Å². The Morgan fingerprint density at radius 2 is 2.18 bits per heavy atom. The second kappa shape index (κ2) is 3.08. The van der Waals surface area contributed by atoms with Gasteiger partial charge < -0.3 is 5.11 Å². The highest BCUT2D eigenvalue weighted by molar-refractivity contribution is 7.88. The first kappa shape index (κ1) is 8.96. The van der Waals surface area contributed by atoms with Gasteiger partial charge in [0.1, 0.15) is 0 Å². The van der Waals surface area contributed by atoms with Crippen LogP contribution in [0.25, 0.3) is 0 Å². The normalized spacial score (nSPS) is 21.6. The van der Waals surface area contributed by atoms with E-state index >= 15 is 0 Å². The minimum atomic E-state index is -3.15. The topological polar surface area (TPSA) is 66.4 Å². The van der Waals surface area contributed by atoms with Gasteiger partial charge in [-0.3, -0.25) is 0 Å². The van der Waals surface area contributed by atoms with E-state index in [0.29, 0.717) is 5.92 Å². The Balaban J connectivity index is 2.43. The van der Waals surface area contributed by atoms with E-state index in [2.05, 4.69) is 4.72 Å². The molecule has 0 saturated heterocycles. The second-order valence-electron chi connectivity index (χ2n) is 3.02. The van der Waals surface area contributed by atoms with Crippen molar-refractivity contribution < 1.29 is 13.5 Å². The molecule has 2 N–H and O–H groups in total. The molecule has 1 rings (SSSR count). The van der Waals surface area contributed by atoms with Gasteiger partial charge in [-0.2, -0.15) is 0 Å². The van der Waals surface area contributed by atoms with Crippen LogP contribution in [-0.2, 0) is 10.0 Å². The SMILES string of the molecule is CS(=O)(=O)NC(CO)C1CC1. The lowest BCUT2D eigenvalue weighted by Gasteiger charge is -2.12. The summed E-state index contributed by atoms with van der Waals surface area (Å²) in [7, 11) is -3.15. The van der Waals surface area contributed by atoms with Crippen LogP contribution in [0.5, 0.6) is 0 Å². The molecule has 5 heteroatoms. The fourth-order valence-corrected chi connectivity index (χ4v) is 1.87. The van der Waals surface area contributed by atoms with Gasteiger partial charge in [0.25, 0.3) is 0 Å². The second-order valence-corrected chi connectivity index (χ2v) is 4.80. The summed E-state index contributed by atoms with van der Waals surface area (Å²) in [6, 6.07) is -0.259. The zero-order valence-electron chi connectivity index (χ0n) is 6.45. The molecule has 1 aliphatic rings. The molecule has 1 aliphatic carbocycles. The zero-order chi connectivity index (χ0) is 8.48. The molecule has 0 aliphatic heterocycles. The van der Waals surface area contributed by atoms with Crippen LogP contribution in [0.15, 0.2) is 0 Å². The summed E-state index contributed by atoms with van der Waals surface area (Å²) in [6.07, 6.45) is 3.15. The van der Waals surface area contributed by atoms with Crippen LogP contribution in [0.2, 0.25) is 0 Å². The van der Waals surface area contributed by atoms with E-state index in [1.54, 1.807) is 0 Å². The van der Waals surface area contributed by atoms with E-state index in [1.165, 1.54) is 0 Å². The number of aliphatic hydroxyl groups excluding tert-OH is 1. The maximum Gasteiger partial charge on any atom is 0.209 e. The monoisotopic (exact) mass is 179 g/mol. The fourth-order valence-electron chi connectivity index (χ4n) is 1.06. The maximum atomic E-state index is 10.7. The van der Waals surface area contributed by atoms with Gasteiger partial charge in [0.2, 0.25) is 10.0 Å². The van der Waals surface area contributed by atoms with Crippen molar-refractivity contribution in [1.29, 1.82) is 0 Å². The Kier molecular flexibility index (Phi) is 2.51. The lowest BCUT2D eigenvalue weighted by atomic mass is 10.2. The van der Waals surface area contributed by atoms with Crippen molar-refractivity contribution in [2.75, 3.05) is 12.9 Å². The van der Waals surface area contributed by atoms with E-state index in [9.17, 15) is 8.42 Å². The van der Waals surface area contributed by atoms with Crippen molar-refractivity contribution in [3.8, 4) is 0 Å². The van der Waals surface area contributed by atoms with Gasteiger partial charge in [-0.15, -0.1) is 0 Å². The van der Waals surface area contributed by atoms with E-state index in [4.69, 9.17) is 5.11 Å². The molecule has 0 aromatic carbocycles. The lowest BCUT2D eigenvalue weighted by molar-refractivity contribution is 0.244. The lowest BCUT2D eigenvalue weighted by Crippen LogP contribution is -2.38. The predicted molar refractivity (Wildman–Crippen MR) is 41.6 cm³/mol. The van der Waals surface area contributed by atoms with Crippen LogP contribution in [0, 0.1) is 5.92 Å². The third-order valence-electron chi connectivity index (χ3n) is 1.75. The first-order chi connectivity index (χ1) is 5.03. The van der Waals surface area contributed by atoms with Gasteiger partial charge in [0.05, 0.1) is 12.9 Å². The maximum absolute atomic E-state index is 10.7. The highest BCUT2D eigenvalue weighted by Gasteiger charge is 2.32. The van der Waals surface area contributed by atoms with E-state index in [0.717, 1.165) is 19.1 Å². The molecule has 0 spiro atoms. The number of sulfonamides is 1. The number of aliphatic hydroxyl groups is 1. The summed E-state index contributed by atoms with van der Waals surface area (Å²) in [5, 5.41) is 8.77. The fraction of sp³-hybridized carbons (Fsp3) is 1.00. The highest BCUT2D eigenvalue weighted by Crippen LogP contribution is 2.32. The molecule has 0 radical (unpaired) electrons. The molecule has 0 heterocycles. The molecule has 0 aromatic heterocycles. The van der Waals surface area contributed by atoms with Gasteiger partial charge in [0.15, 0.2) is 0 Å². The Morgan fingerprint density at radius 1 is 1.64 bits per heavy atom. The average Bonchev–Trinajstić information content (AvgIpc) is 2.61. The van der Waals surface area contributed by atoms with Crippen molar-refractivity contribution >= 4 is 10.0 Å². The standard InChI is InChI=1S/C6H13NO3S/c1-11(9,10)7-6(4-8)5-2-3-5/h5-8H,2-4H2,1H3. The summed E-state index contributed by atoms with van der Waals surface area (Å²) < 4.78 is 23.8. The molecule has 1 unspecified atom stereocenters. The minimum absolute atomic E-state index is 0.0995. The quantitative estimate of drug-likeness (QED) is 0.600. The number of hydrogen-bond acceptors (Lipinski definition) is 3. The molecular formula is C6H13NO3S. The van der Waals surface area contributed by atoms with Crippen molar-refractivity contribution in [1.82, 2.24) is 4.72 Å². The third-order valence-corrected chi connectivity index (χ3v) is 2.48. The predicted octanol–water partition coefficient (Wildman–Crippen LogP) is -0.694. The number of nitrogens with one attached hydrogen (secondary N) is 1. The summed E-state index contributed by atoms with van der Waals surface area (Å²) in [6.45, 7) is -0.0995. The Hall–Kier alpha value is -0.130. The van der Waals surface area contributed by atoms with E-state index < -0.39 is 10.0 Å². The summed E-state index contributed by atoms with van der Waals surface area (Å²) in [4.78, 5) is 0. The third kappa shape index (κ3) is 3.18. The van der Waals surface area contributed by atoms with Crippen LogP contribution in [0.3, 0.4) is 0 Å². The Labute approximate surface area is 66.7 Å².